The SMILES string of the molecule is Cc1ccc(C)c(NC(=O)/C(C#N)=C\c2cccc([N+](=O)[O-])c2)c1. The van der Waals surface area contributed by atoms with E-state index in [2.05, 4.69) is 5.32 Å². The van der Waals surface area contributed by atoms with Crippen molar-refractivity contribution in [3.8, 4) is 6.07 Å². The van der Waals surface area contributed by atoms with Gasteiger partial charge in [0, 0.05) is 17.8 Å². The highest BCUT2D eigenvalue weighted by Gasteiger charge is 2.12. The first-order valence-electron chi connectivity index (χ1n) is 7.15. The van der Waals surface area contributed by atoms with E-state index in [0.717, 1.165) is 11.1 Å². The number of rotatable bonds is 4. The number of nitro benzene ring substituents is 1. The Labute approximate surface area is 139 Å². The highest BCUT2D eigenvalue weighted by atomic mass is 16.6. The molecule has 2 aromatic carbocycles. The minimum absolute atomic E-state index is 0.101. The smallest absolute Gasteiger partial charge is 0.270 e. The van der Waals surface area contributed by atoms with Crippen molar-refractivity contribution in [3.63, 3.8) is 0 Å². The van der Waals surface area contributed by atoms with Crippen molar-refractivity contribution in [2.45, 2.75) is 13.8 Å². The number of amides is 1. The van der Waals surface area contributed by atoms with Crippen LogP contribution in [0.2, 0.25) is 0 Å². The summed E-state index contributed by atoms with van der Waals surface area (Å²) in [5, 5.41) is 22.7. The molecule has 0 unspecified atom stereocenters. The minimum atomic E-state index is -0.558. The molecule has 0 heterocycles. The number of anilines is 1. The molecule has 0 saturated carbocycles. The second kappa shape index (κ2) is 7.20. The van der Waals surface area contributed by atoms with Crippen LogP contribution in [-0.2, 0) is 4.79 Å². The molecular formula is C18H15N3O3. The third kappa shape index (κ3) is 4.05. The molecule has 0 aliphatic rings. The molecular weight excluding hydrogens is 306 g/mol. The fourth-order valence-electron chi connectivity index (χ4n) is 2.10. The molecule has 1 amide bonds. The van der Waals surface area contributed by atoms with E-state index in [1.165, 1.54) is 24.3 Å². The first-order chi connectivity index (χ1) is 11.4. The molecule has 2 aromatic rings. The van der Waals surface area contributed by atoms with Crippen LogP contribution in [0.15, 0.2) is 48.0 Å². The summed E-state index contributed by atoms with van der Waals surface area (Å²) in [6.45, 7) is 3.75. The average molecular weight is 321 g/mol. The van der Waals surface area contributed by atoms with E-state index >= 15 is 0 Å². The summed E-state index contributed by atoms with van der Waals surface area (Å²) in [6, 6.07) is 13.2. The van der Waals surface area contributed by atoms with Gasteiger partial charge < -0.3 is 5.32 Å². The Bertz CT molecular complexity index is 879. The zero-order chi connectivity index (χ0) is 17.7. The average Bonchev–Trinajstić information content (AvgIpc) is 2.56. The van der Waals surface area contributed by atoms with Gasteiger partial charge in [-0.1, -0.05) is 24.3 Å². The Morgan fingerprint density at radius 1 is 1.25 bits per heavy atom. The van der Waals surface area contributed by atoms with Crippen molar-refractivity contribution in [2.75, 3.05) is 5.32 Å². The number of carbonyl (C=O) groups excluding carboxylic acids is 1. The topological polar surface area (TPSA) is 96.0 Å². The second-order valence-electron chi connectivity index (χ2n) is 5.29. The number of nitrogens with zero attached hydrogens (tertiary/aromatic N) is 2. The Morgan fingerprint density at radius 3 is 2.67 bits per heavy atom. The van der Waals surface area contributed by atoms with Crippen LogP contribution in [0.4, 0.5) is 11.4 Å². The molecule has 6 heteroatoms. The normalized spacial score (nSPS) is 10.8. The number of nitro groups is 1. The van der Waals surface area contributed by atoms with Crippen molar-refractivity contribution in [1.82, 2.24) is 0 Å². The zero-order valence-electron chi connectivity index (χ0n) is 13.2. The van der Waals surface area contributed by atoms with Crippen molar-refractivity contribution < 1.29 is 9.72 Å². The van der Waals surface area contributed by atoms with Crippen molar-refractivity contribution in [1.29, 1.82) is 5.26 Å². The lowest BCUT2D eigenvalue weighted by Crippen LogP contribution is -2.14. The number of aryl methyl sites for hydroxylation is 2. The van der Waals surface area contributed by atoms with E-state index in [-0.39, 0.29) is 11.3 Å². The Morgan fingerprint density at radius 2 is 2.00 bits per heavy atom. The van der Waals surface area contributed by atoms with E-state index < -0.39 is 10.8 Å². The highest BCUT2D eigenvalue weighted by Crippen LogP contribution is 2.19. The molecule has 120 valence electrons. The summed E-state index contributed by atoms with van der Waals surface area (Å²) < 4.78 is 0. The van der Waals surface area contributed by atoms with Gasteiger partial charge in [0.2, 0.25) is 0 Å². The summed E-state index contributed by atoms with van der Waals surface area (Å²) in [6.07, 6.45) is 1.33. The van der Waals surface area contributed by atoms with E-state index in [1.807, 2.05) is 38.1 Å². The van der Waals surface area contributed by atoms with Gasteiger partial charge in [0.25, 0.3) is 11.6 Å². The molecule has 0 fully saturated rings. The van der Waals surface area contributed by atoms with Crippen LogP contribution in [0.1, 0.15) is 16.7 Å². The Balaban J connectivity index is 2.29. The number of carbonyl (C=O) groups is 1. The summed E-state index contributed by atoms with van der Waals surface area (Å²) in [5.41, 5.74) is 2.67. The van der Waals surface area contributed by atoms with Crippen LogP contribution < -0.4 is 5.32 Å². The lowest BCUT2D eigenvalue weighted by Gasteiger charge is -2.08. The van der Waals surface area contributed by atoms with Crippen LogP contribution >= 0.6 is 0 Å². The van der Waals surface area contributed by atoms with Crippen LogP contribution in [0.25, 0.3) is 6.08 Å². The Hall–Kier alpha value is -3.46. The molecule has 0 atom stereocenters. The van der Waals surface area contributed by atoms with Crippen molar-refractivity contribution >= 4 is 23.4 Å². The predicted molar refractivity (Wildman–Crippen MR) is 91.2 cm³/mol. The maximum absolute atomic E-state index is 12.3. The molecule has 0 aromatic heterocycles. The monoisotopic (exact) mass is 321 g/mol. The molecule has 2 rings (SSSR count). The minimum Gasteiger partial charge on any atom is -0.321 e. The first kappa shape index (κ1) is 16.9. The predicted octanol–water partition coefficient (Wildman–Crippen LogP) is 3.76. The molecule has 0 aliphatic heterocycles. The number of nitriles is 1. The maximum Gasteiger partial charge on any atom is 0.270 e. The summed E-state index contributed by atoms with van der Waals surface area (Å²) >= 11 is 0. The standard InChI is InChI=1S/C18H15N3O3/c1-12-6-7-13(2)17(8-12)20-18(22)15(11-19)9-14-4-3-5-16(10-14)21(23)24/h3-10H,1-2H3,(H,20,22)/b15-9-. The summed E-state index contributed by atoms with van der Waals surface area (Å²) in [5.74, 6) is -0.558. The second-order valence-corrected chi connectivity index (χ2v) is 5.29. The van der Waals surface area contributed by atoms with Gasteiger partial charge in [0.15, 0.2) is 0 Å². The fraction of sp³-hybridized carbons (Fsp3) is 0.111. The van der Waals surface area contributed by atoms with Crippen molar-refractivity contribution in [2.24, 2.45) is 0 Å². The van der Waals surface area contributed by atoms with Gasteiger partial charge in [0.05, 0.1) is 4.92 Å². The third-order valence-corrected chi connectivity index (χ3v) is 3.40. The molecule has 0 saturated heterocycles. The quantitative estimate of drug-likeness (QED) is 0.401. The lowest BCUT2D eigenvalue weighted by molar-refractivity contribution is -0.384. The highest BCUT2D eigenvalue weighted by molar-refractivity contribution is 6.10. The van der Waals surface area contributed by atoms with Crippen molar-refractivity contribution in [3.05, 3.63) is 74.8 Å². The number of hydrogen-bond donors (Lipinski definition) is 1. The molecule has 24 heavy (non-hydrogen) atoms. The number of nitrogens with one attached hydrogen (secondary N) is 1. The molecule has 0 aliphatic carbocycles. The van der Waals surface area contributed by atoms with Gasteiger partial charge in [-0.05, 0) is 42.7 Å². The van der Waals surface area contributed by atoms with Gasteiger partial charge in [-0.15, -0.1) is 0 Å². The fourth-order valence-corrected chi connectivity index (χ4v) is 2.10. The first-order valence-corrected chi connectivity index (χ1v) is 7.15. The van der Waals surface area contributed by atoms with Gasteiger partial charge >= 0.3 is 0 Å². The van der Waals surface area contributed by atoms with E-state index in [1.54, 1.807) is 6.07 Å². The number of benzene rings is 2. The van der Waals surface area contributed by atoms with Crippen LogP contribution in [0.5, 0.6) is 0 Å². The molecule has 6 nitrogen and oxygen atoms in total. The van der Waals surface area contributed by atoms with Gasteiger partial charge in [-0.25, -0.2) is 0 Å². The molecule has 0 bridgehead atoms. The molecule has 0 spiro atoms. The van der Waals surface area contributed by atoms with Gasteiger partial charge in [-0.2, -0.15) is 5.26 Å². The largest absolute Gasteiger partial charge is 0.321 e. The Kier molecular flexibility index (Phi) is 5.07. The lowest BCUT2D eigenvalue weighted by atomic mass is 10.1. The number of hydrogen-bond acceptors (Lipinski definition) is 4. The maximum atomic E-state index is 12.3. The van der Waals surface area contributed by atoms with Gasteiger partial charge in [0.1, 0.15) is 11.6 Å². The van der Waals surface area contributed by atoms with Crippen LogP contribution in [-0.4, -0.2) is 10.8 Å². The van der Waals surface area contributed by atoms with E-state index in [0.29, 0.717) is 11.3 Å². The van der Waals surface area contributed by atoms with E-state index in [9.17, 15) is 20.2 Å². The van der Waals surface area contributed by atoms with Gasteiger partial charge in [-0.3, -0.25) is 14.9 Å². The molecule has 0 radical (unpaired) electrons. The van der Waals surface area contributed by atoms with E-state index in [4.69, 9.17) is 0 Å². The van der Waals surface area contributed by atoms with Crippen LogP contribution in [0, 0.1) is 35.3 Å². The summed E-state index contributed by atoms with van der Waals surface area (Å²) in [4.78, 5) is 22.6. The van der Waals surface area contributed by atoms with Crippen LogP contribution in [0.3, 0.4) is 0 Å². The third-order valence-electron chi connectivity index (χ3n) is 3.40. The molecule has 1 N–H and O–H groups in total. The zero-order valence-corrected chi connectivity index (χ0v) is 13.2. The summed E-state index contributed by atoms with van der Waals surface area (Å²) in [7, 11) is 0. The number of non-ortho nitro benzene ring substituents is 1.